The summed E-state index contributed by atoms with van der Waals surface area (Å²) in [7, 11) is 0. The summed E-state index contributed by atoms with van der Waals surface area (Å²) in [6.07, 6.45) is -2.07. The molecule has 0 bridgehead atoms. The number of aliphatic hydroxyl groups is 1. The highest BCUT2D eigenvalue weighted by atomic mass is 19.4. The van der Waals surface area contributed by atoms with Crippen molar-refractivity contribution in [2.45, 2.75) is 63.4 Å². The fraction of sp³-hybridized carbons (Fsp3) is 0.611. The molecule has 1 saturated carbocycles. The normalized spacial score (nSPS) is 23.9. The molecule has 2 rings (SSSR count). The predicted octanol–water partition coefficient (Wildman–Crippen LogP) is 3.75. The molecule has 1 aromatic rings. The second-order valence-electron chi connectivity index (χ2n) is 6.63. The summed E-state index contributed by atoms with van der Waals surface area (Å²) < 4.78 is 37.9. The molecule has 1 aliphatic rings. The highest BCUT2D eigenvalue weighted by Gasteiger charge is 2.31. The molecule has 1 fully saturated rings. The molecule has 140 valence electrons. The van der Waals surface area contributed by atoms with Gasteiger partial charge in [0, 0.05) is 12.1 Å². The number of carbonyl (C=O) groups is 1. The minimum atomic E-state index is -4.39. The Morgan fingerprint density at radius 2 is 1.76 bits per heavy atom. The van der Waals surface area contributed by atoms with Crippen molar-refractivity contribution >= 4 is 5.97 Å². The molecule has 1 aromatic carbocycles. The van der Waals surface area contributed by atoms with Gasteiger partial charge in [-0.2, -0.15) is 13.2 Å². The molecule has 0 saturated heterocycles. The van der Waals surface area contributed by atoms with Crippen molar-refractivity contribution in [1.82, 2.24) is 5.32 Å². The van der Waals surface area contributed by atoms with Gasteiger partial charge in [-0.25, -0.2) is 0 Å². The van der Waals surface area contributed by atoms with Crippen molar-refractivity contribution in [3.63, 3.8) is 0 Å². The summed E-state index contributed by atoms with van der Waals surface area (Å²) in [5.74, 6) is -1.08. The van der Waals surface area contributed by atoms with E-state index in [9.17, 15) is 23.1 Å². The van der Waals surface area contributed by atoms with Crippen molar-refractivity contribution in [2.75, 3.05) is 0 Å². The third-order valence-corrected chi connectivity index (χ3v) is 4.93. The van der Waals surface area contributed by atoms with Crippen LogP contribution in [0.2, 0.25) is 0 Å². The molecule has 3 N–H and O–H groups in total. The smallest absolute Gasteiger partial charge is 0.416 e. The molecule has 25 heavy (non-hydrogen) atoms. The molecule has 2 atom stereocenters. The van der Waals surface area contributed by atoms with E-state index in [4.69, 9.17) is 5.11 Å². The molecule has 0 amide bonds. The minimum Gasteiger partial charge on any atom is -0.481 e. The number of benzene rings is 1. The number of rotatable bonds is 6. The van der Waals surface area contributed by atoms with E-state index in [1.165, 1.54) is 12.1 Å². The Kier molecular flexibility index (Phi) is 6.46. The Morgan fingerprint density at radius 3 is 2.20 bits per heavy atom. The van der Waals surface area contributed by atoms with E-state index in [1.54, 1.807) is 0 Å². The number of hydrogen-bond donors (Lipinski definition) is 3. The topological polar surface area (TPSA) is 69.6 Å². The molecule has 2 unspecified atom stereocenters. The average Bonchev–Trinajstić information content (AvgIpc) is 2.59. The van der Waals surface area contributed by atoms with Gasteiger partial charge in [-0.05, 0) is 49.8 Å². The molecule has 0 spiro atoms. The third kappa shape index (κ3) is 5.19. The molecule has 7 heteroatoms. The Balaban J connectivity index is 1.97. The summed E-state index contributed by atoms with van der Waals surface area (Å²) in [4.78, 5) is 11.0. The van der Waals surface area contributed by atoms with Crippen molar-refractivity contribution < 1.29 is 28.2 Å². The fourth-order valence-corrected chi connectivity index (χ4v) is 3.34. The van der Waals surface area contributed by atoms with Gasteiger partial charge < -0.3 is 15.5 Å². The largest absolute Gasteiger partial charge is 0.481 e. The molecule has 0 aliphatic heterocycles. The maximum absolute atomic E-state index is 12.6. The zero-order valence-corrected chi connectivity index (χ0v) is 14.1. The van der Waals surface area contributed by atoms with Crippen molar-refractivity contribution in [3.8, 4) is 0 Å². The third-order valence-electron chi connectivity index (χ3n) is 4.93. The number of aliphatic hydroxyl groups excluding tert-OH is 1. The lowest BCUT2D eigenvalue weighted by Gasteiger charge is -2.32. The number of carboxylic acid groups (broad SMARTS) is 1. The SMILES string of the molecule is CCC(NC1CCC(C(=O)O)CC1)C(O)c1ccc(C(F)(F)F)cc1. The summed E-state index contributed by atoms with van der Waals surface area (Å²) >= 11 is 0. The minimum absolute atomic E-state index is 0.115. The molecule has 0 aromatic heterocycles. The van der Waals surface area contributed by atoms with E-state index in [2.05, 4.69) is 5.32 Å². The van der Waals surface area contributed by atoms with Crippen LogP contribution < -0.4 is 5.32 Å². The molecule has 0 heterocycles. The van der Waals surface area contributed by atoms with Gasteiger partial charge in [-0.1, -0.05) is 19.1 Å². The number of alkyl halides is 3. The van der Waals surface area contributed by atoms with Crippen LogP contribution in [0.5, 0.6) is 0 Å². The van der Waals surface area contributed by atoms with E-state index >= 15 is 0 Å². The van der Waals surface area contributed by atoms with Crippen LogP contribution in [0, 0.1) is 5.92 Å². The molecule has 4 nitrogen and oxygen atoms in total. The summed E-state index contributed by atoms with van der Waals surface area (Å²) in [6.45, 7) is 1.90. The van der Waals surface area contributed by atoms with Gasteiger partial charge in [-0.3, -0.25) is 4.79 Å². The second-order valence-corrected chi connectivity index (χ2v) is 6.63. The summed E-state index contributed by atoms with van der Waals surface area (Å²) in [6, 6.07) is 4.39. The van der Waals surface area contributed by atoms with Crippen LogP contribution in [-0.2, 0) is 11.0 Å². The highest BCUT2D eigenvalue weighted by Crippen LogP contribution is 2.31. The van der Waals surface area contributed by atoms with Crippen LogP contribution in [-0.4, -0.2) is 28.3 Å². The first-order valence-electron chi connectivity index (χ1n) is 8.56. The molecular weight excluding hydrogens is 335 g/mol. The number of carboxylic acids is 1. The Hall–Kier alpha value is -1.60. The van der Waals surface area contributed by atoms with E-state index in [1.807, 2.05) is 6.92 Å². The lowest BCUT2D eigenvalue weighted by Crippen LogP contribution is -2.44. The van der Waals surface area contributed by atoms with E-state index in [0.717, 1.165) is 12.1 Å². The quantitative estimate of drug-likeness (QED) is 0.724. The predicted molar refractivity (Wildman–Crippen MR) is 87.0 cm³/mol. The summed E-state index contributed by atoms with van der Waals surface area (Å²) in [5.41, 5.74) is -0.303. The standard InChI is InChI=1S/C18H24F3NO3/c1-2-15(22-14-9-5-12(6-10-14)17(24)25)16(23)11-3-7-13(8-4-11)18(19,20)21/h3-4,7-8,12,14-16,22-23H,2,5-6,9-10H2,1H3,(H,24,25). The number of nitrogens with one attached hydrogen (secondary N) is 1. The second kappa shape index (κ2) is 8.19. The molecular formula is C18H24F3NO3. The van der Waals surface area contributed by atoms with Crippen LogP contribution >= 0.6 is 0 Å². The highest BCUT2D eigenvalue weighted by molar-refractivity contribution is 5.70. The zero-order chi connectivity index (χ0) is 18.6. The van der Waals surface area contributed by atoms with Gasteiger partial charge in [0.1, 0.15) is 0 Å². The Bertz CT molecular complexity index is 566. The van der Waals surface area contributed by atoms with E-state index < -0.39 is 23.8 Å². The van der Waals surface area contributed by atoms with Gasteiger partial charge in [0.05, 0.1) is 17.6 Å². The van der Waals surface area contributed by atoms with Crippen LogP contribution in [0.15, 0.2) is 24.3 Å². The molecule has 1 aliphatic carbocycles. The van der Waals surface area contributed by atoms with Gasteiger partial charge in [0.2, 0.25) is 0 Å². The Morgan fingerprint density at radius 1 is 1.20 bits per heavy atom. The zero-order valence-electron chi connectivity index (χ0n) is 14.1. The van der Waals surface area contributed by atoms with Gasteiger partial charge in [0.15, 0.2) is 0 Å². The number of halogens is 3. The van der Waals surface area contributed by atoms with Crippen LogP contribution in [0.25, 0.3) is 0 Å². The Labute approximate surface area is 145 Å². The monoisotopic (exact) mass is 359 g/mol. The fourth-order valence-electron chi connectivity index (χ4n) is 3.34. The van der Waals surface area contributed by atoms with Crippen LogP contribution in [0.3, 0.4) is 0 Å². The average molecular weight is 359 g/mol. The first-order chi connectivity index (χ1) is 11.7. The maximum atomic E-state index is 12.6. The van der Waals surface area contributed by atoms with Gasteiger partial charge >= 0.3 is 12.1 Å². The first-order valence-corrected chi connectivity index (χ1v) is 8.56. The van der Waals surface area contributed by atoms with E-state index in [0.29, 0.717) is 37.7 Å². The van der Waals surface area contributed by atoms with E-state index in [-0.39, 0.29) is 18.0 Å². The number of aliphatic carboxylic acids is 1. The first kappa shape index (κ1) is 19.7. The van der Waals surface area contributed by atoms with Crippen LogP contribution in [0.1, 0.15) is 56.3 Å². The van der Waals surface area contributed by atoms with Crippen molar-refractivity contribution in [2.24, 2.45) is 5.92 Å². The van der Waals surface area contributed by atoms with Crippen molar-refractivity contribution in [1.29, 1.82) is 0 Å². The molecule has 0 radical (unpaired) electrons. The lowest BCUT2D eigenvalue weighted by atomic mass is 9.85. The lowest BCUT2D eigenvalue weighted by molar-refractivity contribution is -0.143. The maximum Gasteiger partial charge on any atom is 0.416 e. The van der Waals surface area contributed by atoms with Gasteiger partial charge in [0.25, 0.3) is 0 Å². The van der Waals surface area contributed by atoms with Crippen LogP contribution in [0.4, 0.5) is 13.2 Å². The van der Waals surface area contributed by atoms with Gasteiger partial charge in [-0.15, -0.1) is 0 Å². The van der Waals surface area contributed by atoms with Crippen molar-refractivity contribution in [3.05, 3.63) is 35.4 Å². The number of hydrogen-bond acceptors (Lipinski definition) is 3. The summed E-state index contributed by atoms with van der Waals surface area (Å²) in [5, 5.41) is 22.9.